The number of alkyl halides is 3. The van der Waals surface area contributed by atoms with Gasteiger partial charge in [0, 0.05) is 36.6 Å². The van der Waals surface area contributed by atoms with Gasteiger partial charge in [-0.25, -0.2) is 14.0 Å². The van der Waals surface area contributed by atoms with Crippen LogP contribution < -0.4 is 20.7 Å². The number of halogens is 4. The lowest BCUT2D eigenvalue weighted by Crippen LogP contribution is -2.50. The van der Waals surface area contributed by atoms with Gasteiger partial charge in [-0.15, -0.1) is 0 Å². The van der Waals surface area contributed by atoms with Gasteiger partial charge in [-0.2, -0.15) is 13.2 Å². The van der Waals surface area contributed by atoms with Gasteiger partial charge in [0.15, 0.2) is 0 Å². The van der Waals surface area contributed by atoms with Gasteiger partial charge in [-0.3, -0.25) is 4.79 Å². The third-order valence-electron chi connectivity index (χ3n) is 7.29. The van der Waals surface area contributed by atoms with Crippen molar-refractivity contribution >= 4 is 35.0 Å². The third kappa shape index (κ3) is 8.41. The number of hydrogen-bond acceptors (Lipinski definition) is 5. The molecule has 5 amide bonds. The van der Waals surface area contributed by atoms with Crippen LogP contribution in [0.25, 0.3) is 0 Å². The van der Waals surface area contributed by atoms with Crippen molar-refractivity contribution in [2.24, 2.45) is 5.92 Å². The second kappa shape index (κ2) is 13.8. The van der Waals surface area contributed by atoms with Gasteiger partial charge >= 0.3 is 18.2 Å². The van der Waals surface area contributed by atoms with Crippen molar-refractivity contribution in [2.75, 3.05) is 42.7 Å². The Kier molecular flexibility index (Phi) is 10.2. The van der Waals surface area contributed by atoms with E-state index in [0.717, 1.165) is 24.3 Å². The molecule has 14 heteroatoms. The second-order valence-electron chi connectivity index (χ2n) is 10.8. The molecule has 0 saturated heterocycles. The van der Waals surface area contributed by atoms with E-state index in [-0.39, 0.29) is 48.3 Å². The highest BCUT2D eigenvalue weighted by Gasteiger charge is 2.34. The number of rotatable bonds is 7. The number of carbonyl (C=O) groups is 3. The van der Waals surface area contributed by atoms with Crippen molar-refractivity contribution in [3.63, 3.8) is 0 Å². The summed E-state index contributed by atoms with van der Waals surface area (Å²) < 4.78 is 58.0. The zero-order valence-corrected chi connectivity index (χ0v) is 24.7. The number of nitrogens with zero attached hydrogens (tertiary/aromatic N) is 2. The first-order chi connectivity index (χ1) is 21.2. The number of aliphatic hydroxyl groups is 1. The summed E-state index contributed by atoms with van der Waals surface area (Å²) in [5, 5.41) is 17.6. The number of carbonyl (C=O) groups excluding carboxylic acids is 3. The summed E-state index contributed by atoms with van der Waals surface area (Å²) in [6.45, 7) is 3.52. The summed E-state index contributed by atoms with van der Waals surface area (Å²) >= 11 is 0. The molecule has 0 fully saturated rings. The molecule has 0 bridgehead atoms. The number of ether oxygens (including phenoxy) is 1. The van der Waals surface area contributed by atoms with E-state index < -0.39 is 47.7 Å². The molecule has 3 aromatic rings. The highest BCUT2D eigenvalue weighted by molar-refractivity contribution is 6.02. The molecule has 0 unspecified atom stereocenters. The number of benzene rings is 3. The van der Waals surface area contributed by atoms with Crippen molar-refractivity contribution in [1.82, 2.24) is 9.80 Å². The van der Waals surface area contributed by atoms with Gasteiger partial charge in [0.05, 0.1) is 30.3 Å². The zero-order valence-electron chi connectivity index (χ0n) is 24.7. The van der Waals surface area contributed by atoms with Crippen LogP contribution in [0.1, 0.15) is 29.8 Å². The van der Waals surface area contributed by atoms with E-state index in [1.54, 1.807) is 14.0 Å². The SMILES string of the molecule is C[C@H](CO)N1C[C@H](C)[C@H](CN(C)C(=O)Nc2ccc(F)cc2)Oc2ccc(NC(=O)Nc3ccc(C(F)(F)F)cc3)cc2C1=O. The Labute approximate surface area is 257 Å². The van der Waals surface area contributed by atoms with Crippen LogP contribution >= 0.6 is 0 Å². The van der Waals surface area contributed by atoms with Gasteiger partial charge in [0.1, 0.15) is 17.7 Å². The summed E-state index contributed by atoms with van der Waals surface area (Å²) in [5.74, 6) is -0.991. The minimum Gasteiger partial charge on any atom is -0.487 e. The molecule has 1 aliphatic heterocycles. The number of amides is 5. The van der Waals surface area contributed by atoms with Crippen molar-refractivity contribution < 1.29 is 41.8 Å². The van der Waals surface area contributed by atoms with E-state index in [9.17, 15) is 37.1 Å². The molecule has 1 aliphatic rings. The van der Waals surface area contributed by atoms with E-state index in [1.807, 2.05) is 6.92 Å². The number of anilines is 3. The molecule has 0 aromatic heterocycles. The summed E-state index contributed by atoms with van der Waals surface area (Å²) in [4.78, 5) is 42.0. The van der Waals surface area contributed by atoms with Crippen molar-refractivity contribution in [2.45, 2.75) is 32.2 Å². The average molecular weight is 632 g/mol. The number of hydrogen-bond donors (Lipinski definition) is 4. The molecular formula is C31H33F4N5O5. The van der Waals surface area contributed by atoms with Gasteiger partial charge in [0.2, 0.25) is 0 Å². The molecule has 240 valence electrons. The van der Waals surface area contributed by atoms with Gasteiger partial charge < -0.3 is 35.6 Å². The Balaban J connectivity index is 1.52. The molecule has 4 N–H and O–H groups in total. The quantitative estimate of drug-likeness (QED) is 0.243. The van der Waals surface area contributed by atoms with E-state index >= 15 is 0 Å². The van der Waals surface area contributed by atoms with Crippen LogP contribution in [0.2, 0.25) is 0 Å². The zero-order chi connectivity index (χ0) is 32.9. The third-order valence-corrected chi connectivity index (χ3v) is 7.29. The molecule has 0 saturated carbocycles. The Bertz CT molecular complexity index is 1520. The van der Waals surface area contributed by atoms with Gasteiger partial charge in [0.25, 0.3) is 5.91 Å². The fourth-order valence-electron chi connectivity index (χ4n) is 4.66. The Hall–Kier alpha value is -4.85. The highest BCUT2D eigenvalue weighted by Crippen LogP contribution is 2.32. The molecule has 3 aromatic carbocycles. The first-order valence-corrected chi connectivity index (χ1v) is 14.0. The Morgan fingerprint density at radius 1 is 1.00 bits per heavy atom. The summed E-state index contributed by atoms with van der Waals surface area (Å²) in [7, 11) is 1.57. The van der Waals surface area contributed by atoms with Gasteiger partial charge in [-0.1, -0.05) is 6.92 Å². The minimum atomic E-state index is -4.51. The first-order valence-electron chi connectivity index (χ1n) is 14.0. The van der Waals surface area contributed by atoms with Crippen molar-refractivity contribution in [1.29, 1.82) is 0 Å². The van der Waals surface area contributed by atoms with Crippen molar-refractivity contribution in [3.8, 4) is 5.75 Å². The van der Waals surface area contributed by atoms with E-state index in [0.29, 0.717) is 5.69 Å². The van der Waals surface area contributed by atoms with E-state index in [4.69, 9.17) is 4.74 Å². The van der Waals surface area contributed by atoms with Crippen LogP contribution in [-0.4, -0.2) is 71.8 Å². The average Bonchev–Trinajstić information content (AvgIpc) is 2.99. The van der Waals surface area contributed by atoms with Crippen LogP contribution in [0.3, 0.4) is 0 Å². The predicted octanol–water partition coefficient (Wildman–Crippen LogP) is 5.87. The molecule has 4 rings (SSSR count). The largest absolute Gasteiger partial charge is 0.487 e. The molecule has 0 radical (unpaired) electrons. The maximum atomic E-state index is 13.7. The molecule has 45 heavy (non-hydrogen) atoms. The molecule has 0 spiro atoms. The number of likely N-dealkylation sites (N-methyl/N-ethyl adjacent to an activating group) is 1. The maximum absolute atomic E-state index is 13.7. The number of nitrogens with one attached hydrogen (secondary N) is 3. The Morgan fingerprint density at radius 3 is 2.20 bits per heavy atom. The van der Waals surface area contributed by atoms with Crippen LogP contribution in [0.15, 0.2) is 66.7 Å². The number of fused-ring (bicyclic) bond motifs is 1. The van der Waals surface area contributed by atoms with Crippen LogP contribution in [0.5, 0.6) is 5.75 Å². The predicted molar refractivity (Wildman–Crippen MR) is 160 cm³/mol. The lowest BCUT2D eigenvalue weighted by atomic mass is 9.99. The molecular weight excluding hydrogens is 598 g/mol. The maximum Gasteiger partial charge on any atom is 0.416 e. The fraction of sp³-hybridized carbons (Fsp3) is 0.323. The van der Waals surface area contributed by atoms with E-state index in [1.165, 1.54) is 52.3 Å². The van der Waals surface area contributed by atoms with E-state index in [2.05, 4.69) is 16.0 Å². The molecule has 3 atom stereocenters. The topological polar surface area (TPSA) is 123 Å². The van der Waals surface area contributed by atoms with Crippen molar-refractivity contribution in [3.05, 3.63) is 83.7 Å². The minimum absolute atomic E-state index is 0.0953. The summed E-state index contributed by atoms with van der Waals surface area (Å²) in [5.41, 5.74) is -0.0343. The fourth-order valence-corrected chi connectivity index (χ4v) is 4.66. The monoisotopic (exact) mass is 631 g/mol. The molecule has 1 heterocycles. The van der Waals surface area contributed by atoms with Gasteiger partial charge in [-0.05, 0) is 73.7 Å². The second-order valence-corrected chi connectivity index (χ2v) is 10.8. The highest BCUT2D eigenvalue weighted by atomic mass is 19.4. The standard InChI is InChI=1S/C31H33F4N5O5/c1-18-15-40(19(2)17-41)28(42)25-14-24(37-29(43)36-22-8-4-20(5-9-22)31(33,34)35)12-13-26(25)45-27(18)16-39(3)30(44)38-23-10-6-21(32)7-11-23/h4-14,18-19,27,41H,15-17H2,1-3H3,(H,38,44)(H2,36,37,43)/t18-,19+,27-/m0/s1. The van der Waals surface area contributed by atoms with Crippen LogP contribution in [0.4, 0.5) is 44.2 Å². The summed E-state index contributed by atoms with van der Waals surface area (Å²) in [6.07, 6.45) is -5.11. The normalized spacial score (nSPS) is 17.2. The lowest BCUT2D eigenvalue weighted by molar-refractivity contribution is -0.137. The Morgan fingerprint density at radius 2 is 1.58 bits per heavy atom. The smallest absolute Gasteiger partial charge is 0.416 e. The molecule has 10 nitrogen and oxygen atoms in total. The van der Waals surface area contributed by atoms with Crippen LogP contribution in [-0.2, 0) is 6.18 Å². The summed E-state index contributed by atoms with van der Waals surface area (Å²) in [6, 6.07) is 11.8. The lowest BCUT2D eigenvalue weighted by Gasteiger charge is -2.38. The van der Waals surface area contributed by atoms with Crippen LogP contribution in [0, 0.1) is 11.7 Å². The number of aliphatic hydroxyl groups excluding tert-OH is 1. The molecule has 0 aliphatic carbocycles. The number of urea groups is 2. The first kappa shape index (κ1) is 33.1.